The van der Waals surface area contributed by atoms with Crippen molar-refractivity contribution in [2.24, 2.45) is 0 Å². The molecule has 1 aliphatic heterocycles. The van der Waals surface area contributed by atoms with Crippen LogP contribution in [0, 0.1) is 0 Å². The molecule has 1 aromatic heterocycles. The Bertz CT molecular complexity index is 775. The summed E-state index contributed by atoms with van der Waals surface area (Å²) >= 11 is 2.87. The molecule has 0 radical (unpaired) electrons. The first-order valence-corrected chi connectivity index (χ1v) is 10.1. The lowest BCUT2D eigenvalue weighted by Crippen LogP contribution is -2.36. The number of aromatic nitrogens is 1. The van der Waals surface area contributed by atoms with Gasteiger partial charge in [0, 0.05) is 17.1 Å². The van der Waals surface area contributed by atoms with Gasteiger partial charge in [-0.2, -0.15) is 0 Å². The van der Waals surface area contributed by atoms with E-state index in [2.05, 4.69) is 18.0 Å². The molecule has 0 N–H and O–H groups in total. The van der Waals surface area contributed by atoms with Gasteiger partial charge in [-0.3, -0.25) is 9.59 Å². The van der Waals surface area contributed by atoms with Crippen LogP contribution in [0.15, 0.2) is 34.0 Å². The zero-order valence-corrected chi connectivity index (χ0v) is 15.9. The van der Waals surface area contributed by atoms with E-state index >= 15 is 0 Å². The summed E-state index contributed by atoms with van der Waals surface area (Å²) in [5, 5.41) is 1.84. The monoisotopic (exact) mass is 376 g/mol. The van der Waals surface area contributed by atoms with Gasteiger partial charge in [-0.05, 0) is 31.9 Å². The van der Waals surface area contributed by atoms with Gasteiger partial charge >= 0.3 is 5.97 Å². The van der Waals surface area contributed by atoms with Crippen LogP contribution in [0.3, 0.4) is 0 Å². The minimum atomic E-state index is -0.275. The van der Waals surface area contributed by atoms with E-state index in [4.69, 9.17) is 4.74 Å². The Kier molecular flexibility index (Phi) is 5.75. The molecule has 1 aliphatic rings. The summed E-state index contributed by atoms with van der Waals surface area (Å²) in [7, 11) is 0. The van der Waals surface area contributed by atoms with Gasteiger partial charge in [0.15, 0.2) is 4.34 Å². The van der Waals surface area contributed by atoms with Crippen LogP contribution < -0.4 is 4.90 Å². The van der Waals surface area contributed by atoms with Gasteiger partial charge in [0.05, 0.1) is 24.5 Å². The van der Waals surface area contributed by atoms with Crippen LogP contribution in [-0.4, -0.2) is 35.3 Å². The van der Waals surface area contributed by atoms with Crippen LogP contribution in [0.4, 0.5) is 5.69 Å². The van der Waals surface area contributed by atoms with Crippen LogP contribution in [0.5, 0.6) is 0 Å². The average Bonchev–Trinajstić information content (AvgIpc) is 3.16. The Hall–Kier alpha value is -1.86. The summed E-state index contributed by atoms with van der Waals surface area (Å²) in [6, 6.07) is 8.24. The molecular formula is C18H20N2O3S2. The number of fused-ring (bicyclic) bond motifs is 1. The maximum atomic E-state index is 12.7. The molecule has 7 heteroatoms. The van der Waals surface area contributed by atoms with Gasteiger partial charge in [0.25, 0.3) is 0 Å². The lowest BCUT2D eigenvalue weighted by molar-refractivity contribution is -0.142. The summed E-state index contributed by atoms with van der Waals surface area (Å²) in [5.74, 6) is 0.151. The summed E-state index contributed by atoms with van der Waals surface area (Å²) < 4.78 is 5.72. The van der Waals surface area contributed by atoms with Crippen LogP contribution in [0.2, 0.25) is 0 Å². The van der Waals surface area contributed by atoms with E-state index in [-0.39, 0.29) is 24.3 Å². The van der Waals surface area contributed by atoms with Gasteiger partial charge in [-0.15, -0.1) is 11.3 Å². The van der Waals surface area contributed by atoms with E-state index in [9.17, 15) is 9.59 Å². The summed E-state index contributed by atoms with van der Waals surface area (Å²) in [6.07, 6.45) is 1.07. The molecule has 5 nitrogen and oxygen atoms in total. The van der Waals surface area contributed by atoms with Crippen molar-refractivity contribution >= 4 is 40.7 Å². The van der Waals surface area contributed by atoms with Crippen molar-refractivity contribution < 1.29 is 14.3 Å². The number of hydrogen-bond acceptors (Lipinski definition) is 6. The summed E-state index contributed by atoms with van der Waals surface area (Å²) in [6.45, 7) is 4.22. The second-order valence-corrected chi connectivity index (χ2v) is 7.90. The third-order valence-electron chi connectivity index (χ3n) is 3.96. The van der Waals surface area contributed by atoms with E-state index < -0.39 is 0 Å². The first-order chi connectivity index (χ1) is 12.1. The third-order valence-corrected chi connectivity index (χ3v) is 6.01. The van der Waals surface area contributed by atoms with Gasteiger partial charge in [0.2, 0.25) is 5.91 Å². The van der Waals surface area contributed by atoms with Gasteiger partial charge in [-0.1, -0.05) is 30.0 Å². The number of esters is 1. The third kappa shape index (κ3) is 4.22. The molecule has 0 aliphatic carbocycles. The number of hydrogen-bond donors (Lipinski definition) is 0. The lowest BCUT2D eigenvalue weighted by atomic mass is 10.1. The van der Waals surface area contributed by atoms with E-state index in [1.165, 1.54) is 28.7 Å². The first kappa shape index (κ1) is 17.9. The predicted molar refractivity (Wildman–Crippen MR) is 100 cm³/mol. The number of carbonyl (C=O) groups excluding carboxylic acids is 2. The van der Waals surface area contributed by atoms with E-state index in [1.54, 1.807) is 6.92 Å². The maximum absolute atomic E-state index is 12.7. The van der Waals surface area contributed by atoms with Crippen molar-refractivity contribution in [1.29, 1.82) is 0 Å². The Labute approximate surface area is 155 Å². The smallest absolute Gasteiger partial charge is 0.311 e. The molecule has 0 unspecified atom stereocenters. The van der Waals surface area contributed by atoms with Crippen LogP contribution in [0.25, 0.3) is 0 Å². The largest absolute Gasteiger partial charge is 0.466 e. The molecule has 1 atom stereocenters. The predicted octanol–water partition coefficient (Wildman–Crippen LogP) is 3.32. The number of ether oxygens (including phenoxy) is 1. The molecule has 1 amide bonds. The summed E-state index contributed by atoms with van der Waals surface area (Å²) in [4.78, 5) is 30.4. The molecule has 0 bridgehead atoms. The Morgan fingerprint density at radius 1 is 1.40 bits per heavy atom. The fourth-order valence-corrected chi connectivity index (χ4v) is 4.64. The van der Waals surface area contributed by atoms with Crippen LogP contribution in [0.1, 0.15) is 25.1 Å². The minimum absolute atomic E-state index is 0.0876. The quantitative estimate of drug-likeness (QED) is 0.572. The van der Waals surface area contributed by atoms with Crippen LogP contribution >= 0.6 is 23.1 Å². The van der Waals surface area contributed by atoms with E-state index in [1.807, 2.05) is 28.5 Å². The number of thioether (sulfide) groups is 1. The fourth-order valence-electron chi connectivity index (χ4n) is 2.93. The highest BCUT2D eigenvalue weighted by atomic mass is 32.2. The SMILES string of the molecule is CCOC(=O)Cc1csc(SCC(=O)N2c3ccccc3C[C@H]2C)n1. The molecule has 0 spiro atoms. The number of amides is 1. The average molecular weight is 377 g/mol. The number of benzene rings is 1. The zero-order valence-electron chi connectivity index (χ0n) is 14.2. The molecule has 0 fully saturated rings. The minimum Gasteiger partial charge on any atom is -0.466 e. The van der Waals surface area contributed by atoms with Gasteiger partial charge in [0.1, 0.15) is 0 Å². The Balaban J connectivity index is 1.58. The molecule has 132 valence electrons. The van der Waals surface area contributed by atoms with Crippen molar-refractivity contribution in [1.82, 2.24) is 4.98 Å². The molecule has 3 rings (SSSR count). The lowest BCUT2D eigenvalue weighted by Gasteiger charge is -2.22. The zero-order chi connectivity index (χ0) is 17.8. The number of rotatable bonds is 6. The number of para-hydroxylation sites is 1. The van der Waals surface area contributed by atoms with E-state index in [0.717, 1.165) is 16.4 Å². The van der Waals surface area contributed by atoms with Gasteiger partial charge < -0.3 is 9.64 Å². The topological polar surface area (TPSA) is 59.5 Å². The molecule has 0 saturated heterocycles. The number of anilines is 1. The second-order valence-electron chi connectivity index (χ2n) is 5.82. The van der Waals surface area contributed by atoms with Crippen molar-refractivity contribution in [3.05, 3.63) is 40.9 Å². The Morgan fingerprint density at radius 2 is 2.20 bits per heavy atom. The van der Waals surface area contributed by atoms with Crippen molar-refractivity contribution in [3.8, 4) is 0 Å². The highest BCUT2D eigenvalue weighted by Crippen LogP contribution is 2.33. The molecule has 1 aromatic carbocycles. The Morgan fingerprint density at radius 3 is 3.00 bits per heavy atom. The van der Waals surface area contributed by atoms with Crippen molar-refractivity contribution in [3.63, 3.8) is 0 Å². The standard InChI is InChI=1S/C18H20N2O3S2/c1-3-23-17(22)9-14-10-24-18(19-14)25-11-16(21)20-12(2)8-13-6-4-5-7-15(13)20/h4-7,10,12H,3,8-9,11H2,1-2H3/t12-/m1/s1. The number of nitrogens with zero attached hydrogens (tertiary/aromatic N) is 2. The maximum Gasteiger partial charge on any atom is 0.311 e. The molecular weight excluding hydrogens is 356 g/mol. The van der Waals surface area contributed by atoms with Gasteiger partial charge in [-0.25, -0.2) is 4.98 Å². The highest BCUT2D eigenvalue weighted by Gasteiger charge is 2.30. The van der Waals surface area contributed by atoms with E-state index in [0.29, 0.717) is 18.1 Å². The van der Waals surface area contributed by atoms with Crippen LogP contribution in [-0.2, 0) is 27.2 Å². The molecule has 2 aromatic rings. The molecule has 25 heavy (non-hydrogen) atoms. The normalized spacial score (nSPS) is 15.9. The summed E-state index contributed by atoms with van der Waals surface area (Å²) in [5.41, 5.74) is 2.93. The second kappa shape index (κ2) is 8.01. The van der Waals surface area contributed by atoms with Crippen molar-refractivity contribution in [2.45, 2.75) is 37.1 Å². The highest BCUT2D eigenvalue weighted by molar-refractivity contribution is 8.01. The van der Waals surface area contributed by atoms with Crippen molar-refractivity contribution in [2.75, 3.05) is 17.3 Å². The number of thiazole rings is 1. The molecule has 2 heterocycles. The number of carbonyl (C=O) groups is 2. The molecule has 0 saturated carbocycles. The first-order valence-electron chi connectivity index (χ1n) is 8.21. The fraction of sp³-hybridized carbons (Fsp3) is 0.389.